The fraction of sp³-hybridized carbons (Fsp3) is 0.300. The van der Waals surface area contributed by atoms with Gasteiger partial charge in [-0.3, -0.25) is 0 Å². The van der Waals surface area contributed by atoms with E-state index in [0.717, 1.165) is 4.90 Å². The van der Waals surface area contributed by atoms with Crippen molar-refractivity contribution >= 4 is 17.7 Å². The van der Waals surface area contributed by atoms with Crippen molar-refractivity contribution in [2.24, 2.45) is 0 Å². The van der Waals surface area contributed by atoms with Gasteiger partial charge in [-0.2, -0.15) is 0 Å². The van der Waals surface area contributed by atoms with E-state index in [9.17, 15) is 9.70 Å². The SMILES string of the molecule is Cc1ccc(SC2C[N+](=O)C2=O)cc1. The van der Waals surface area contributed by atoms with E-state index in [4.69, 9.17) is 0 Å². The molecule has 1 aromatic carbocycles. The number of hydrogen-bond acceptors (Lipinski definition) is 3. The molecule has 0 radical (unpaired) electrons. The first-order chi connectivity index (χ1) is 6.66. The highest BCUT2D eigenvalue weighted by Gasteiger charge is 2.48. The van der Waals surface area contributed by atoms with E-state index < -0.39 is 0 Å². The van der Waals surface area contributed by atoms with Crippen molar-refractivity contribution in [3.05, 3.63) is 34.7 Å². The lowest BCUT2D eigenvalue weighted by molar-refractivity contribution is -0.504. The van der Waals surface area contributed by atoms with Crippen LogP contribution in [0, 0.1) is 11.8 Å². The molecule has 0 saturated carbocycles. The molecule has 1 aliphatic rings. The second-order valence-corrected chi connectivity index (χ2v) is 4.60. The van der Waals surface area contributed by atoms with Crippen molar-refractivity contribution in [1.82, 2.24) is 0 Å². The molecule has 0 aromatic heterocycles. The topological polar surface area (TPSA) is 37.1 Å². The molecule has 0 N–H and O–H groups in total. The van der Waals surface area contributed by atoms with Crippen LogP contribution in [-0.4, -0.2) is 22.5 Å². The lowest BCUT2D eigenvalue weighted by Gasteiger charge is -2.12. The van der Waals surface area contributed by atoms with Crippen LogP contribution in [0.5, 0.6) is 0 Å². The lowest BCUT2D eigenvalue weighted by atomic mass is 10.2. The minimum Gasteiger partial charge on any atom is -0.213 e. The Labute approximate surface area is 86.1 Å². The van der Waals surface area contributed by atoms with Crippen molar-refractivity contribution in [2.75, 3.05) is 6.54 Å². The van der Waals surface area contributed by atoms with Crippen LogP contribution in [0.4, 0.5) is 0 Å². The van der Waals surface area contributed by atoms with Crippen molar-refractivity contribution in [1.29, 1.82) is 0 Å². The number of carbonyl (C=O) groups excluding carboxylic acids is 1. The lowest BCUT2D eigenvalue weighted by Crippen LogP contribution is -2.46. The zero-order chi connectivity index (χ0) is 10.1. The fourth-order valence-corrected chi connectivity index (χ4v) is 2.29. The van der Waals surface area contributed by atoms with Gasteiger partial charge in [-0.1, -0.05) is 17.7 Å². The largest absolute Gasteiger partial charge is 0.452 e. The maximum absolute atomic E-state index is 11.0. The summed E-state index contributed by atoms with van der Waals surface area (Å²) >= 11 is 1.46. The van der Waals surface area contributed by atoms with Gasteiger partial charge in [0.2, 0.25) is 11.8 Å². The van der Waals surface area contributed by atoms with Gasteiger partial charge in [-0.15, -0.1) is 11.8 Å². The molecule has 3 nitrogen and oxygen atoms in total. The van der Waals surface area contributed by atoms with Crippen molar-refractivity contribution in [2.45, 2.75) is 17.1 Å². The molecule has 1 fully saturated rings. The molecule has 1 amide bonds. The van der Waals surface area contributed by atoms with Gasteiger partial charge in [-0.25, -0.2) is 4.79 Å². The van der Waals surface area contributed by atoms with Crippen LogP contribution in [0.3, 0.4) is 0 Å². The Balaban J connectivity index is 2.02. The van der Waals surface area contributed by atoms with Crippen LogP contribution < -0.4 is 0 Å². The number of carbonyl (C=O) groups is 1. The molecule has 72 valence electrons. The Morgan fingerprint density at radius 3 is 2.50 bits per heavy atom. The number of hydrogen-bond donors (Lipinski definition) is 0. The van der Waals surface area contributed by atoms with Gasteiger partial charge >= 0.3 is 5.91 Å². The first-order valence-corrected chi connectivity index (χ1v) is 5.26. The average molecular weight is 208 g/mol. The molecule has 4 heteroatoms. The van der Waals surface area contributed by atoms with Crippen molar-refractivity contribution in [3.8, 4) is 0 Å². The third-order valence-corrected chi connectivity index (χ3v) is 3.33. The van der Waals surface area contributed by atoms with E-state index in [0.29, 0.717) is 11.3 Å². The number of benzene rings is 1. The average Bonchev–Trinajstić information content (AvgIpc) is 2.20. The number of thioether (sulfide) groups is 1. The van der Waals surface area contributed by atoms with E-state index in [1.54, 1.807) is 0 Å². The summed E-state index contributed by atoms with van der Waals surface area (Å²) in [6.45, 7) is 2.33. The third-order valence-electron chi connectivity index (χ3n) is 2.15. The predicted molar refractivity (Wildman–Crippen MR) is 54.3 cm³/mol. The van der Waals surface area contributed by atoms with E-state index in [-0.39, 0.29) is 11.2 Å². The van der Waals surface area contributed by atoms with Crippen molar-refractivity contribution < 1.29 is 9.55 Å². The van der Waals surface area contributed by atoms with E-state index in [1.807, 2.05) is 31.2 Å². The molecule has 1 heterocycles. The first kappa shape index (κ1) is 9.40. The Hall–Kier alpha value is -1.16. The summed E-state index contributed by atoms with van der Waals surface area (Å²) in [4.78, 5) is 22.7. The normalized spacial score (nSPS) is 20.8. The van der Waals surface area contributed by atoms with Gasteiger partial charge in [0, 0.05) is 9.80 Å². The smallest absolute Gasteiger partial charge is 0.213 e. The maximum Gasteiger partial charge on any atom is 0.452 e. The predicted octanol–water partition coefficient (Wildman–Crippen LogP) is 1.77. The molecule has 1 saturated heterocycles. The summed E-state index contributed by atoms with van der Waals surface area (Å²) in [5.74, 6) is -0.310. The molecule has 0 aliphatic carbocycles. The number of β-lactam (4-membered cyclic amide) rings is 1. The van der Waals surface area contributed by atoms with E-state index >= 15 is 0 Å². The van der Waals surface area contributed by atoms with Gasteiger partial charge in [-0.05, 0) is 19.1 Å². The maximum atomic E-state index is 11.0. The molecule has 1 unspecified atom stereocenters. The van der Waals surface area contributed by atoms with Crippen LogP contribution in [0.15, 0.2) is 29.2 Å². The first-order valence-electron chi connectivity index (χ1n) is 4.38. The minimum atomic E-state index is -0.310. The molecule has 2 rings (SSSR count). The molecule has 1 aliphatic heterocycles. The van der Waals surface area contributed by atoms with E-state index in [2.05, 4.69) is 0 Å². The Morgan fingerprint density at radius 2 is 2.00 bits per heavy atom. The second kappa shape index (κ2) is 3.53. The highest BCUT2D eigenvalue weighted by Crippen LogP contribution is 2.28. The molecular formula is C10H10NO2S+. The van der Waals surface area contributed by atoms with Gasteiger partial charge in [0.05, 0.1) is 4.76 Å². The number of aryl methyl sites for hydroxylation is 1. The number of amides is 1. The minimum absolute atomic E-state index is 0.171. The van der Waals surface area contributed by atoms with Crippen LogP contribution in [0.25, 0.3) is 0 Å². The molecule has 14 heavy (non-hydrogen) atoms. The number of rotatable bonds is 2. The molecule has 1 aromatic rings. The molecule has 1 atom stereocenters. The summed E-state index contributed by atoms with van der Waals surface area (Å²) < 4.78 is 0.506. The summed E-state index contributed by atoms with van der Waals surface area (Å²) in [6.07, 6.45) is 0. The zero-order valence-electron chi connectivity index (χ0n) is 7.77. The second-order valence-electron chi connectivity index (χ2n) is 3.32. The van der Waals surface area contributed by atoms with Gasteiger partial charge in [0.1, 0.15) is 0 Å². The number of nitroso groups, excluding NO2 is 1. The fourth-order valence-electron chi connectivity index (χ4n) is 1.24. The van der Waals surface area contributed by atoms with Crippen molar-refractivity contribution in [3.63, 3.8) is 0 Å². The third kappa shape index (κ3) is 1.70. The summed E-state index contributed by atoms with van der Waals surface area (Å²) in [5.41, 5.74) is 1.19. The number of nitrogens with zero attached hydrogens (tertiary/aromatic N) is 1. The summed E-state index contributed by atoms with van der Waals surface area (Å²) in [6, 6.07) is 7.95. The highest BCUT2D eigenvalue weighted by molar-refractivity contribution is 8.00. The van der Waals surface area contributed by atoms with Crippen LogP contribution in [0.1, 0.15) is 5.56 Å². The molecule has 0 spiro atoms. The molecule has 0 bridgehead atoms. The quantitative estimate of drug-likeness (QED) is 0.549. The Morgan fingerprint density at radius 1 is 1.36 bits per heavy atom. The standard InChI is InChI=1S/C10H10NO2S/c1-7-2-4-8(5-3-7)14-9-6-11(13)10(9)12/h2-5,9H,6H2,1H3/q+1. The van der Waals surface area contributed by atoms with Gasteiger partial charge in [0.15, 0.2) is 0 Å². The monoisotopic (exact) mass is 208 g/mol. The Bertz CT molecular complexity index is 386. The van der Waals surface area contributed by atoms with Gasteiger partial charge < -0.3 is 0 Å². The highest BCUT2D eigenvalue weighted by atomic mass is 32.2. The summed E-state index contributed by atoms with van der Waals surface area (Å²) in [5, 5.41) is -0.171. The zero-order valence-corrected chi connectivity index (χ0v) is 8.58. The van der Waals surface area contributed by atoms with E-state index in [1.165, 1.54) is 17.3 Å². The summed E-state index contributed by atoms with van der Waals surface area (Å²) in [7, 11) is 0. The van der Waals surface area contributed by atoms with Gasteiger partial charge in [0.25, 0.3) is 0 Å². The Kier molecular flexibility index (Phi) is 2.37. The van der Waals surface area contributed by atoms with Crippen LogP contribution >= 0.6 is 11.8 Å². The van der Waals surface area contributed by atoms with Crippen LogP contribution in [-0.2, 0) is 4.79 Å². The molecular weight excluding hydrogens is 198 g/mol. The van der Waals surface area contributed by atoms with Crippen LogP contribution in [0.2, 0.25) is 0 Å².